The van der Waals surface area contributed by atoms with E-state index in [1.165, 1.54) is 295 Å². The predicted octanol–water partition coefficient (Wildman–Crippen LogP) is 19.9. The van der Waals surface area contributed by atoms with Gasteiger partial charge in [-0.1, -0.05) is 328 Å². The van der Waals surface area contributed by atoms with Crippen LogP contribution in [0.3, 0.4) is 0 Å². The highest BCUT2D eigenvalue weighted by Crippen LogP contribution is 2.19. The lowest BCUT2D eigenvalue weighted by Crippen LogP contribution is -2.45. The summed E-state index contributed by atoms with van der Waals surface area (Å²) in [7, 11) is 0. The van der Waals surface area contributed by atoms with E-state index in [-0.39, 0.29) is 18.5 Å². The Labute approximate surface area is 432 Å². The van der Waals surface area contributed by atoms with Gasteiger partial charge in [-0.3, -0.25) is 9.59 Å². The van der Waals surface area contributed by atoms with E-state index in [2.05, 4.69) is 19.2 Å². The van der Waals surface area contributed by atoms with E-state index in [0.29, 0.717) is 25.9 Å². The van der Waals surface area contributed by atoms with Crippen LogP contribution in [-0.4, -0.2) is 47.4 Å². The molecule has 2 unspecified atom stereocenters. The first-order valence-electron chi connectivity index (χ1n) is 31.8. The first-order chi connectivity index (χ1) is 34.0. The number of esters is 1. The number of carbonyl (C=O) groups is 2. The molecular formula is C63H125NO5. The van der Waals surface area contributed by atoms with E-state index in [1.54, 1.807) is 0 Å². The van der Waals surface area contributed by atoms with Crippen molar-refractivity contribution in [1.29, 1.82) is 0 Å². The maximum absolute atomic E-state index is 12.5. The molecule has 0 aromatic carbocycles. The maximum atomic E-state index is 12.5. The molecule has 0 radical (unpaired) electrons. The minimum atomic E-state index is -0.665. The molecule has 0 aliphatic rings. The van der Waals surface area contributed by atoms with E-state index in [0.717, 1.165) is 38.5 Å². The molecule has 0 spiro atoms. The van der Waals surface area contributed by atoms with Crippen LogP contribution in [0.5, 0.6) is 0 Å². The molecule has 0 fully saturated rings. The second-order valence-electron chi connectivity index (χ2n) is 22.1. The van der Waals surface area contributed by atoms with E-state index in [4.69, 9.17) is 4.74 Å². The Morgan fingerprint density at radius 3 is 0.884 bits per heavy atom. The molecule has 2 atom stereocenters. The zero-order valence-electron chi connectivity index (χ0n) is 47.1. The third-order valence-corrected chi connectivity index (χ3v) is 15.2. The molecule has 1 amide bonds. The first kappa shape index (κ1) is 67.9. The number of rotatable bonds is 60. The van der Waals surface area contributed by atoms with Gasteiger partial charge in [0, 0.05) is 12.8 Å². The number of hydrogen-bond acceptors (Lipinski definition) is 5. The van der Waals surface area contributed by atoms with Gasteiger partial charge in [0.25, 0.3) is 0 Å². The normalized spacial score (nSPS) is 12.5. The maximum Gasteiger partial charge on any atom is 0.305 e. The topological polar surface area (TPSA) is 95.9 Å². The molecule has 6 heteroatoms. The Kier molecular flexibility index (Phi) is 58.4. The Bertz CT molecular complexity index is 990. The van der Waals surface area contributed by atoms with Crippen molar-refractivity contribution < 1.29 is 24.5 Å². The van der Waals surface area contributed by atoms with Crippen molar-refractivity contribution >= 4 is 11.9 Å². The van der Waals surface area contributed by atoms with Gasteiger partial charge in [0.05, 0.1) is 25.4 Å². The van der Waals surface area contributed by atoms with Gasteiger partial charge in [0.15, 0.2) is 0 Å². The summed E-state index contributed by atoms with van der Waals surface area (Å²) in [6.07, 6.45) is 69.7. The lowest BCUT2D eigenvalue weighted by molar-refractivity contribution is -0.143. The summed E-state index contributed by atoms with van der Waals surface area (Å²) in [5.41, 5.74) is 0. The quantitative estimate of drug-likeness (QED) is 0.0417. The van der Waals surface area contributed by atoms with Gasteiger partial charge < -0.3 is 20.3 Å². The molecule has 0 heterocycles. The van der Waals surface area contributed by atoms with Gasteiger partial charge >= 0.3 is 5.97 Å². The largest absolute Gasteiger partial charge is 0.466 e. The Hall–Kier alpha value is -1.14. The van der Waals surface area contributed by atoms with Crippen molar-refractivity contribution in [3.05, 3.63) is 0 Å². The lowest BCUT2D eigenvalue weighted by atomic mass is 10.0. The van der Waals surface area contributed by atoms with Gasteiger partial charge in [-0.2, -0.15) is 0 Å². The van der Waals surface area contributed by atoms with E-state index < -0.39 is 12.1 Å². The molecule has 0 aromatic heterocycles. The first-order valence-corrected chi connectivity index (χ1v) is 31.8. The number of amides is 1. The van der Waals surface area contributed by atoms with Crippen molar-refractivity contribution in [2.24, 2.45) is 0 Å². The van der Waals surface area contributed by atoms with E-state index in [1.807, 2.05) is 0 Å². The predicted molar refractivity (Wildman–Crippen MR) is 301 cm³/mol. The Morgan fingerprint density at radius 1 is 0.348 bits per heavy atom. The summed E-state index contributed by atoms with van der Waals surface area (Å²) in [4.78, 5) is 24.6. The fourth-order valence-electron chi connectivity index (χ4n) is 10.3. The van der Waals surface area contributed by atoms with Crippen molar-refractivity contribution in [3.63, 3.8) is 0 Å². The van der Waals surface area contributed by atoms with Crippen LogP contribution in [0, 0.1) is 0 Å². The van der Waals surface area contributed by atoms with E-state index >= 15 is 0 Å². The summed E-state index contributed by atoms with van der Waals surface area (Å²) < 4.78 is 5.49. The zero-order chi connectivity index (χ0) is 50.0. The Morgan fingerprint density at radius 2 is 0.594 bits per heavy atom. The van der Waals surface area contributed by atoms with Crippen LogP contribution in [0.4, 0.5) is 0 Å². The summed E-state index contributed by atoms with van der Waals surface area (Å²) in [6, 6.07) is -0.542. The van der Waals surface area contributed by atoms with Gasteiger partial charge in [0.1, 0.15) is 0 Å². The summed E-state index contributed by atoms with van der Waals surface area (Å²) >= 11 is 0. The average Bonchev–Trinajstić information content (AvgIpc) is 3.35. The van der Waals surface area contributed by atoms with Crippen molar-refractivity contribution in [3.8, 4) is 0 Å². The standard InChI is InChI=1S/C63H125NO5/c1-3-5-7-9-11-13-15-17-19-24-27-31-35-39-43-47-51-55-61(66)60(59-65)64-62(67)56-52-48-44-40-36-32-28-25-22-21-23-26-30-34-38-42-46-50-54-58-69-63(68)57-53-49-45-41-37-33-29-20-18-16-14-12-10-8-6-4-2/h60-61,65-66H,3-59H2,1-2H3,(H,64,67). The number of hydrogen-bond donors (Lipinski definition) is 3. The number of unbranched alkanes of at least 4 members (excludes halogenated alkanes) is 49. The van der Waals surface area contributed by atoms with Crippen LogP contribution in [0.2, 0.25) is 0 Å². The Balaban J connectivity index is 3.37. The molecule has 3 N–H and O–H groups in total. The third kappa shape index (κ3) is 56.0. The molecular weight excluding hydrogens is 851 g/mol. The number of aliphatic hydroxyl groups excluding tert-OH is 2. The van der Waals surface area contributed by atoms with Crippen LogP contribution in [0.1, 0.15) is 367 Å². The van der Waals surface area contributed by atoms with Crippen LogP contribution in [0.15, 0.2) is 0 Å². The molecule has 0 aliphatic carbocycles. The lowest BCUT2D eigenvalue weighted by Gasteiger charge is -2.22. The number of ether oxygens (including phenoxy) is 1. The number of nitrogens with one attached hydrogen (secondary N) is 1. The fourth-order valence-corrected chi connectivity index (χ4v) is 10.3. The van der Waals surface area contributed by atoms with Crippen LogP contribution in [0.25, 0.3) is 0 Å². The average molecular weight is 977 g/mol. The molecule has 69 heavy (non-hydrogen) atoms. The van der Waals surface area contributed by atoms with Crippen molar-refractivity contribution in [2.75, 3.05) is 13.2 Å². The van der Waals surface area contributed by atoms with E-state index in [9.17, 15) is 19.8 Å². The highest BCUT2D eigenvalue weighted by Gasteiger charge is 2.20. The molecule has 6 nitrogen and oxygen atoms in total. The summed E-state index contributed by atoms with van der Waals surface area (Å²) in [5, 5.41) is 23.3. The van der Waals surface area contributed by atoms with Crippen LogP contribution < -0.4 is 5.32 Å². The summed E-state index contributed by atoms with van der Waals surface area (Å²) in [5.74, 6) is -0.0201. The molecule has 412 valence electrons. The second kappa shape index (κ2) is 59.4. The van der Waals surface area contributed by atoms with Crippen LogP contribution in [-0.2, 0) is 14.3 Å². The number of aliphatic hydroxyl groups is 2. The summed E-state index contributed by atoms with van der Waals surface area (Å²) in [6.45, 7) is 4.99. The highest BCUT2D eigenvalue weighted by atomic mass is 16.5. The molecule has 0 aromatic rings. The van der Waals surface area contributed by atoms with Gasteiger partial charge in [0.2, 0.25) is 5.91 Å². The molecule has 0 rings (SSSR count). The highest BCUT2D eigenvalue weighted by molar-refractivity contribution is 5.76. The minimum Gasteiger partial charge on any atom is -0.466 e. The number of carbonyl (C=O) groups excluding carboxylic acids is 2. The minimum absolute atomic E-state index is 0.0138. The third-order valence-electron chi connectivity index (χ3n) is 15.2. The fraction of sp³-hybridized carbons (Fsp3) is 0.968. The molecule has 0 saturated carbocycles. The molecule has 0 saturated heterocycles. The van der Waals surface area contributed by atoms with Gasteiger partial charge in [-0.15, -0.1) is 0 Å². The smallest absolute Gasteiger partial charge is 0.305 e. The zero-order valence-corrected chi connectivity index (χ0v) is 47.1. The SMILES string of the molecule is CCCCCCCCCCCCCCCCCCCC(O)C(CO)NC(=O)CCCCCCCCCCCCCCCCCCCCCOC(=O)CCCCCCCCCCCCCCCCCC. The van der Waals surface area contributed by atoms with Crippen molar-refractivity contribution in [2.45, 2.75) is 379 Å². The van der Waals surface area contributed by atoms with Gasteiger partial charge in [-0.05, 0) is 25.7 Å². The molecule has 0 bridgehead atoms. The molecule has 0 aliphatic heterocycles. The second-order valence-corrected chi connectivity index (χ2v) is 22.1. The monoisotopic (exact) mass is 976 g/mol. The van der Waals surface area contributed by atoms with Crippen molar-refractivity contribution in [1.82, 2.24) is 5.32 Å². The van der Waals surface area contributed by atoms with Crippen LogP contribution >= 0.6 is 0 Å². The van der Waals surface area contributed by atoms with Gasteiger partial charge in [-0.25, -0.2) is 0 Å².